The first kappa shape index (κ1) is 19.7. The third-order valence-electron chi connectivity index (χ3n) is 5.37. The van der Waals surface area contributed by atoms with Crippen LogP contribution in [0.25, 0.3) is 0 Å². The zero-order valence-electron chi connectivity index (χ0n) is 16.7. The third-order valence-corrected chi connectivity index (χ3v) is 5.37. The van der Waals surface area contributed by atoms with Crippen molar-refractivity contribution in [2.75, 3.05) is 46.2 Å². The molecule has 0 bridgehead atoms. The lowest BCUT2D eigenvalue weighted by Crippen LogP contribution is -2.39. The molecule has 4 rings (SSSR count). The molecule has 0 aliphatic carbocycles. The van der Waals surface area contributed by atoms with Gasteiger partial charge in [-0.3, -0.25) is 9.69 Å². The standard InChI is InChI=1S/C23H28N2O4/c26-23(16-19-5-2-1-3-6-19)25(10-4-9-24-11-13-27-14-12-24)17-20-7-8-21-22(15-20)29-18-28-21/h1-3,5-8,15H,4,9-14,16-18H2. The molecule has 6 heteroatoms. The average molecular weight is 396 g/mol. The van der Waals surface area contributed by atoms with Crippen molar-refractivity contribution in [3.8, 4) is 11.5 Å². The SMILES string of the molecule is O=C(Cc1ccccc1)N(CCCN1CCOCC1)Cc1ccc2c(c1)OCO2. The van der Waals surface area contributed by atoms with Crippen LogP contribution in [-0.4, -0.2) is 61.9 Å². The second-order valence-corrected chi connectivity index (χ2v) is 7.47. The number of fused-ring (bicyclic) bond motifs is 1. The molecule has 154 valence electrons. The van der Waals surface area contributed by atoms with Gasteiger partial charge in [0.2, 0.25) is 12.7 Å². The van der Waals surface area contributed by atoms with Gasteiger partial charge in [-0.1, -0.05) is 36.4 Å². The molecule has 6 nitrogen and oxygen atoms in total. The van der Waals surface area contributed by atoms with Gasteiger partial charge in [0.1, 0.15) is 0 Å². The summed E-state index contributed by atoms with van der Waals surface area (Å²) in [6, 6.07) is 15.8. The molecule has 0 aromatic heterocycles. The number of ether oxygens (including phenoxy) is 3. The molecule has 1 amide bonds. The van der Waals surface area contributed by atoms with Gasteiger partial charge in [0.15, 0.2) is 11.5 Å². The summed E-state index contributed by atoms with van der Waals surface area (Å²) < 4.78 is 16.3. The molecular weight excluding hydrogens is 368 g/mol. The number of benzene rings is 2. The highest BCUT2D eigenvalue weighted by atomic mass is 16.7. The highest BCUT2D eigenvalue weighted by Crippen LogP contribution is 2.32. The maximum Gasteiger partial charge on any atom is 0.231 e. The summed E-state index contributed by atoms with van der Waals surface area (Å²) in [7, 11) is 0. The number of hydrogen-bond acceptors (Lipinski definition) is 5. The Balaban J connectivity index is 1.40. The number of hydrogen-bond donors (Lipinski definition) is 0. The fourth-order valence-electron chi connectivity index (χ4n) is 3.74. The first-order valence-electron chi connectivity index (χ1n) is 10.3. The highest BCUT2D eigenvalue weighted by Gasteiger charge is 2.19. The molecule has 0 atom stereocenters. The fourth-order valence-corrected chi connectivity index (χ4v) is 3.74. The number of morpholine rings is 1. The van der Waals surface area contributed by atoms with E-state index in [4.69, 9.17) is 14.2 Å². The van der Waals surface area contributed by atoms with Gasteiger partial charge in [0, 0.05) is 32.7 Å². The van der Waals surface area contributed by atoms with E-state index in [9.17, 15) is 4.79 Å². The van der Waals surface area contributed by atoms with E-state index >= 15 is 0 Å². The number of rotatable bonds is 8. The minimum atomic E-state index is 0.149. The second-order valence-electron chi connectivity index (χ2n) is 7.47. The number of amides is 1. The molecule has 1 fully saturated rings. The lowest BCUT2D eigenvalue weighted by atomic mass is 10.1. The van der Waals surface area contributed by atoms with E-state index in [2.05, 4.69) is 4.90 Å². The van der Waals surface area contributed by atoms with Crippen LogP contribution in [0.4, 0.5) is 0 Å². The lowest BCUT2D eigenvalue weighted by molar-refractivity contribution is -0.131. The van der Waals surface area contributed by atoms with Crippen molar-refractivity contribution in [3.05, 3.63) is 59.7 Å². The largest absolute Gasteiger partial charge is 0.454 e. The Morgan fingerprint density at radius 1 is 0.966 bits per heavy atom. The Bertz CT molecular complexity index is 806. The van der Waals surface area contributed by atoms with Crippen molar-refractivity contribution in [1.29, 1.82) is 0 Å². The minimum Gasteiger partial charge on any atom is -0.454 e. The van der Waals surface area contributed by atoms with Gasteiger partial charge in [-0.2, -0.15) is 0 Å². The quantitative estimate of drug-likeness (QED) is 0.687. The molecule has 2 aliphatic rings. The third kappa shape index (κ3) is 5.49. The lowest BCUT2D eigenvalue weighted by Gasteiger charge is -2.28. The molecule has 29 heavy (non-hydrogen) atoms. The summed E-state index contributed by atoms with van der Waals surface area (Å²) in [5.74, 6) is 1.67. The molecule has 2 heterocycles. The molecular formula is C23H28N2O4. The minimum absolute atomic E-state index is 0.149. The summed E-state index contributed by atoms with van der Waals surface area (Å²) in [5.41, 5.74) is 2.10. The topological polar surface area (TPSA) is 51.2 Å². The maximum atomic E-state index is 13.1. The first-order chi connectivity index (χ1) is 14.3. The normalized spacial score (nSPS) is 16.0. The molecule has 2 aromatic carbocycles. The average Bonchev–Trinajstić information content (AvgIpc) is 3.22. The molecule has 0 spiro atoms. The molecule has 2 aromatic rings. The van der Waals surface area contributed by atoms with E-state index in [-0.39, 0.29) is 12.7 Å². The van der Waals surface area contributed by atoms with E-state index in [1.54, 1.807) is 0 Å². The van der Waals surface area contributed by atoms with Crippen LogP contribution in [0.2, 0.25) is 0 Å². The molecule has 2 aliphatic heterocycles. The van der Waals surface area contributed by atoms with Crippen molar-refractivity contribution in [1.82, 2.24) is 9.80 Å². The van der Waals surface area contributed by atoms with Crippen molar-refractivity contribution in [2.24, 2.45) is 0 Å². The monoisotopic (exact) mass is 396 g/mol. The Labute approximate surface area is 172 Å². The Morgan fingerprint density at radius 2 is 1.76 bits per heavy atom. The summed E-state index contributed by atoms with van der Waals surface area (Å²) >= 11 is 0. The molecule has 0 radical (unpaired) electrons. The van der Waals surface area contributed by atoms with Gasteiger partial charge in [-0.05, 0) is 29.7 Å². The van der Waals surface area contributed by atoms with Crippen LogP contribution in [0.3, 0.4) is 0 Å². The predicted molar refractivity (Wildman–Crippen MR) is 110 cm³/mol. The summed E-state index contributed by atoms with van der Waals surface area (Å²) in [5, 5.41) is 0. The number of carbonyl (C=O) groups excluding carboxylic acids is 1. The van der Waals surface area contributed by atoms with E-state index in [0.717, 1.165) is 68.4 Å². The smallest absolute Gasteiger partial charge is 0.231 e. The molecule has 0 N–H and O–H groups in total. The fraction of sp³-hybridized carbons (Fsp3) is 0.435. The molecule has 0 unspecified atom stereocenters. The maximum absolute atomic E-state index is 13.1. The zero-order valence-corrected chi connectivity index (χ0v) is 16.7. The summed E-state index contributed by atoms with van der Waals surface area (Å²) in [6.07, 6.45) is 1.37. The van der Waals surface area contributed by atoms with E-state index in [1.165, 1.54) is 0 Å². The number of nitrogens with zero attached hydrogens (tertiary/aromatic N) is 2. The van der Waals surface area contributed by atoms with Gasteiger partial charge in [-0.15, -0.1) is 0 Å². The van der Waals surface area contributed by atoms with Crippen molar-refractivity contribution < 1.29 is 19.0 Å². The van der Waals surface area contributed by atoms with E-state index < -0.39 is 0 Å². The van der Waals surface area contributed by atoms with Gasteiger partial charge < -0.3 is 19.1 Å². The van der Waals surface area contributed by atoms with Gasteiger partial charge in [0.05, 0.1) is 19.6 Å². The molecule has 0 saturated carbocycles. The van der Waals surface area contributed by atoms with E-state index in [1.807, 2.05) is 53.4 Å². The van der Waals surface area contributed by atoms with Crippen molar-refractivity contribution in [3.63, 3.8) is 0 Å². The van der Waals surface area contributed by atoms with Crippen molar-refractivity contribution in [2.45, 2.75) is 19.4 Å². The summed E-state index contributed by atoms with van der Waals surface area (Å²) in [6.45, 7) is 6.10. The van der Waals surface area contributed by atoms with Crippen LogP contribution in [0.15, 0.2) is 48.5 Å². The first-order valence-corrected chi connectivity index (χ1v) is 10.3. The zero-order chi connectivity index (χ0) is 19.9. The van der Waals surface area contributed by atoms with Gasteiger partial charge in [-0.25, -0.2) is 0 Å². The number of carbonyl (C=O) groups is 1. The second kappa shape index (κ2) is 9.76. The van der Waals surface area contributed by atoms with Gasteiger partial charge >= 0.3 is 0 Å². The predicted octanol–water partition coefficient (Wildman–Crippen LogP) is 2.71. The van der Waals surface area contributed by atoms with Crippen LogP contribution >= 0.6 is 0 Å². The van der Waals surface area contributed by atoms with E-state index in [0.29, 0.717) is 13.0 Å². The Morgan fingerprint density at radius 3 is 2.59 bits per heavy atom. The van der Waals surface area contributed by atoms with Gasteiger partial charge in [0.25, 0.3) is 0 Å². The van der Waals surface area contributed by atoms with Crippen LogP contribution in [-0.2, 0) is 22.5 Å². The Kier molecular flexibility index (Phi) is 6.64. The van der Waals surface area contributed by atoms with Crippen LogP contribution in [0.1, 0.15) is 17.5 Å². The van der Waals surface area contributed by atoms with Crippen LogP contribution in [0.5, 0.6) is 11.5 Å². The summed E-state index contributed by atoms with van der Waals surface area (Å²) in [4.78, 5) is 17.4. The molecule has 1 saturated heterocycles. The van der Waals surface area contributed by atoms with Crippen LogP contribution < -0.4 is 9.47 Å². The Hall–Kier alpha value is -2.57. The van der Waals surface area contributed by atoms with Crippen LogP contribution in [0, 0.1) is 0 Å². The van der Waals surface area contributed by atoms with Crippen molar-refractivity contribution >= 4 is 5.91 Å². The highest BCUT2D eigenvalue weighted by molar-refractivity contribution is 5.78.